The first kappa shape index (κ1) is 34.2. The lowest BCUT2D eigenvalue weighted by atomic mass is 9.54. The number of hydrogen-bond donors (Lipinski definition) is 8. The molecule has 3 aliphatic carbocycles. The Balaban J connectivity index is 0.00000506. The number of likely N-dealkylation sites (N-methyl/N-ethyl adjacent to an activating group) is 1. The standard InChI is InChI=1S/C27H30BrN3O11.BrH/c1-8-9-4-6-11(30-26(41)10(28)5-7-12(32)33)19(34)14(9)20(35)15-13(8)21(36)17-18(31(2)3)22(37)16(25(29)40)24(39)27(17,42)23(15)38;/h4,6,8,10,13,17-18,21,34-36,39,42H,5,7H2,1-3H3,(H2,29,40)(H,30,41)(H,32,33);1H/t8?,10-,13?,17?,18?,21?,27?;/m0./s1. The Labute approximate surface area is 263 Å². The maximum Gasteiger partial charge on any atom is 0.303 e. The monoisotopic (exact) mass is 731 g/mol. The summed E-state index contributed by atoms with van der Waals surface area (Å²) >= 11 is 3.08. The lowest BCUT2D eigenvalue weighted by Gasteiger charge is -2.53. The second kappa shape index (κ2) is 12.0. The number of alkyl halides is 1. The molecule has 3 aliphatic rings. The lowest BCUT2D eigenvalue weighted by molar-refractivity contribution is -0.169. The number of aromatic hydroxyl groups is 1. The molecular weight excluding hydrogens is 702 g/mol. The van der Waals surface area contributed by atoms with E-state index in [1.54, 1.807) is 6.92 Å². The maximum absolute atomic E-state index is 14.0. The molecule has 0 spiro atoms. The number of nitrogens with two attached hydrogens (primary N) is 1. The molecule has 1 aromatic carbocycles. The summed E-state index contributed by atoms with van der Waals surface area (Å²) in [5.41, 5.74) is 0.457. The summed E-state index contributed by atoms with van der Waals surface area (Å²) in [7, 11) is 2.83. The van der Waals surface area contributed by atoms with Gasteiger partial charge in [0, 0.05) is 17.9 Å². The van der Waals surface area contributed by atoms with Crippen LogP contribution in [0.5, 0.6) is 5.75 Å². The number of carboxylic acid groups (broad SMARTS) is 1. The van der Waals surface area contributed by atoms with Crippen LogP contribution in [0.2, 0.25) is 0 Å². The quantitative estimate of drug-likeness (QED) is 0.109. The average molecular weight is 733 g/mol. The van der Waals surface area contributed by atoms with Gasteiger partial charge in [0.15, 0.2) is 11.4 Å². The first-order valence-corrected chi connectivity index (χ1v) is 13.7. The lowest BCUT2D eigenvalue weighted by Crippen LogP contribution is -2.70. The van der Waals surface area contributed by atoms with Crippen LogP contribution in [-0.2, 0) is 24.0 Å². The molecule has 1 saturated carbocycles. The summed E-state index contributed by atoms with van der Waals surface area (Å²) in [5.74, 6) is -12.1. The molecule has 6 unspecified atom stereocenters. The molecule has 4 rings (SSSR count). The molecule has 2 amide bonds. The Kier molecular flexibility index (Phi) is 9.54. The number of aliphatic hydroxyl groups is 4. The van der Waals surface area contributed by atoms with Crippen LogP contribution >= 0.6 is 32.9 Å². The van der Waals surface area contributed by atoms with Crippen LogP contribution < -0.4 is 11.1 Å². The van der Waals surface area contributed by atoms with Crippen molar-refractivity contribution in [3.63, 3.8) is 0 Å². The predicted molar refractivity (Wildman–Crippen MR) is 159 cm³/mol. The van der Waals surface area contributed by atoms with Gasteiger partial charge in [-0.1, -0.05) is 28.9 Å². The van der Waals surface area contributed by atoms with Gasteiger partial charge in [-0.05, 0) is 38.1 Å². The number of fused-ring (bicyclic) bond motifs is 3. The van der Waals surface area contributed by atoms with E-state index in [9.17, 15) is 49.5 Å². The molecule has 16 heteroatoms. The summed E-state index contributed by atoms with van der Waals surface area (Å²) in [6, 6.07) is 1.30. The highest BCUT2D eigenvalue weighted by Gasteiger charge is 2.68. The number of aliphatic carboxylic acids is 1. The molecule has 0 aliphatic heterocycles. The fourth-order valence-corrected chi connectivity index (χ4v) is 6.65. The van der Waals surface area contributed by atoms with Crippen LogP contribution in [0.15, 0.2) is 29.0 Å². The Morgan fingerprint density at radius 3 is 2.30 bits per heavy atom. The number of hydrogen-bond acceptors (Lipinski definition) is 11. The fraction of sp³-hybridized carbons (Fsp3) is 0.444. The number of benzene rings is 1. The van der Waals surface area contributed by atoms with Gasteiger partial charge in [0.2, 0.25) is 11.7 Å². The number of aliphatic hydroxyl groups excluding tert-OH is 3. The second-order valence-electron chi connectivity index (χ2n) is 10.9. The summed E-state index contributed by atoms with van der Waals surface area (Å²) < 4.78 is 0. The van der Waals surface area contributed by atoms with Gasteiger partial charge < -0.3 is 41.7 Å². The zero-order valence-corrected chi connectivity index (χ0v) is 26.4. The third kappa shape index (κ3) is 5.14. The van der Waals surface area contributed by atoms with Crippen LogP contribution in [0, 0.1) is 11.8 Å². The van der Waals surface area contributed by atoms with E-state index >= 15 is 0 Å². The minimum atomic E-state index is -3.04. The van der Waals surface area contributed by atoms with Crippen molar-refractivity contribution in [1.82, 2.24) is 4.90 Å². The van der Waals surface area contributed by atoms with Crippen LogP contribution in [0.4, 0.5) is 5.69 Å². The smallest absolute Gasteiger partial charge is 0.303 e. The van der Waals surface area contributed by atoms with Crippen molar-refractivity contribution in [2.24, 2.45) is 17.6 Å². The second-order valence-corrected chi connectivity index (χ2v) is 12.0. The molecule has 0 aromatic heterocycles. The van der Waals surface area contributed by atoms with Crippen LogP contribution in [0.3, 0.4) is 0 Å². The number of anilines is 1. The zero-order valence-electron chi connectivity index (χ0n) is 23.1. The molecule has 1 aromatic rings. The van der Waals surface area contributed by atoms with E-state index in [2.05, 4.69) is 21.2 Å². The van der Waals surface area contributed by atoms with Crippen molar-refractivity contribution >= 4 is 73.7 Å². The van der Waals surface area contributed by atoms with Crippen LogP contribution in [0.1, 0.15) is 36.8 Å². The van der Waals surface area contributed by atoms with Gasteiger partial charge in [-0.15, -0.1) is 17.0 Å². The highest BCUT2D eigenvalue weighted by Crippen LogP contribution is 2.56. The number of nitrogens with zero attached hydrogens (tertiary/aromatic N) is 1. The number of carboxylic acids is 1. The largest absolute Gasteiger partial charge is 0.508 e. The van der Waals surface area contributed by atoms with Gasteiger partial charge in [0.05, 0.1) is 34.1 Å². The Morgan fingerprint density at radius 2 is 1.77 bits per heavy atom. The van der Waals surface area contributed by atoms with E-state index in [0.717, 1.165) is 0 Å². The summed E-state index contributed by atoms with van der Waals surface area (Å²) in [4.78, 5) is 63.1. The van der Waals surface area contributed by atoms with Gasteiger partial charge in [0.1, 0.15) is 22.8 Å². The number of ketones is 2. The first-order chi connectivity index (χ1) is 19.5. The van der Waals surface area contributed by atoms with Crippen molar-refractivity contribution in [3.05, 3.63) is 40.2 Å². The zero-order chi connectivity index (χ0) is 31.6. The topological polar surface area (TPSA) is 248 Å². The number of rotatable bonds is 7. The number of nitrogens with one attached hydrogen (secondary N) is 1. The van der Waals surface area contributed by atoms with E-state index in [0.29, 0.717) is 0 Å². The Bertz CT molecular complexity index is 1490. The SMILES string of the molecule is Br.CC1c2ccc(NC(=O)[C@@H](Br)CCC(=O)O)c(O)c2C(O)=C2C(=O)C3(O)C(O)=C(C(N)=O)C(=O)C(N(C)C)C3C(O)C21. The Hall–Kier alpha value is -3.31. The van der Waals surface area contributed by atoms with Gasteiger partial charge in [-0.2, -0.15) is 0 Å². The van der Waals surface area contributed by atoms with E-state index in [-0.39, 0.29) is 46.6 Å². The van der Waals surface area contributed by atoms with Crippen molar-refractivity contribution in [2.75, 3.05) is 19.4 Å². The minimum absolute atomic E-state index is 0. The molecule has 9 N–H and O–H groups in total. The summed E-state index contributed by atoms with van der Waals surface area (Å²) in [6.45, 7) is 1.58. The van der Waals surface area contributed by atoms with E-state index in [1.807, 2.05) is 0 Å². The first-order valence-electron chi connectivity index (χ1n) is 12.8. The van der Waals surface area contributed by atoms with E-state index in [1.165, 1.54) is 31.1 Å². The van der Waals surface area contributed by atoms with Crippen molar-refractivity contribution in [3.8, 4) is 5.75 Å². The van der Waals surface area contributed by atoms with Gasteiger partial charge in [-0.3, -0.25) is 28.9 Å². The van der Waals surface area contributed by atoms with E-state index in [4.69, 9.17) is 10.8 Å². The fourth-order valence-electron chi connectivity index (χ4n) is 6.31. The van der Waals surface area contributed by atoms with Crippen LogP contribution in [-0.4, -0.2) is 102 Å². The highest BCUT2D eigenvalue weighted by molar-refractivity contribution is 9.10. The van der Waals surface area contributed by atoms with Gasteiger partial charge >= 0.3 is 5.97 Å². The molecule has 0 saturated heterocycles. The van der Waals surface area contributed by atoms with Crippen molar-refractivity contribution in [1.29, 1.82) is 0 Å². The predicted octanol–water partition coefficient (Wildman–Crippen LogP) is 0.640. The summed E-state index contributed by atoms with van der Waals surface area (Å²) in [5, 5.41) is 68.0. The third-order valence-corrected chi connectivity index (χ3v) is 9.16. The molecule has 0 radical (unpaired) electrons. The van der Waals surface area contributed by atoms with Gasteiger partial charge in [-0.25, -0.2) is 0 Å². The summed E-state index contributed by atoms with van der Waals surface area (Å²) in [6.07, 6.45) is -2.10. The maximum atomic E-state index is 14.0. The van der Waals surface area contributed by atoms with Gasteiger partial charge in [0.25, 0.3) is 5.91 Å². The molecule has 1 fully saturated rings. The average Bonchev–Trinajstić information content (AvgIpc) is 2.90. The number of carbonyl (C=O) groups excluding carboxylic acids is 4. The number of amides is 2. The molecule has 14 nitrogen and oxygen atoms in total. The normalized spacial score (nSPS) is 28.9. The number of halogens is 2. The molecule has 0 bridgehead atoms. The minimum Gasteiger partial charge on any atom is -0.508 e. The highest BCUT2D eigenvalue weighted by atomic mass is 79.9. The van der Waals surface area contributed by atoms with Crippen LogP contribution in [0.25, 0.3) is 5.76 Å². The number of carbonyl (C=O) groups is 5. The van der Waals surface area contributed by atoms with Crippen molar-refractivity contribution in [2.45, 2.75) is 48.3 Å². The number of phenols is 1. The molecule has 7 atom stereocenters. The molecule has 234 valence electrons. The Morgan fingerprint density at radius 1 is 1.16 bits per heavy atom. The number of Topliss-reactive ketones (excluding diaryl/α,β-unsaturated/α-hetero) is 2. The number of phenolic OH excluding ortho intramolecular Hbond substituents is 1. The molecule has 0 heterocycles. The molecular formula is C27H31Br2N3O11. The van der Waals surface area contributed by atoms with Crippen molar-refractivity contribution < 1.29 is 54.6 Å². The molecule has 43 heavy (non-hydrogen) atoms. The van der Waals surface area contributed by atoms with E-state index < -0.39 is 98.1 Å². The number of primary amides is 1. The third-order valence-electron chi connectivity index (χ3n) is 8.28.